The SMILES string of the molecule is NC1CCC(ONC(=O)c2ccccc2F)CC1. The molecule has 1 aromatic carbocycles. The number of carbonyl (C=O) groups is 1. The first-order chi connectivity index (χ1) is 8.66. The van der Waals surface area contributed by atoms with Crippen LogP contribution in [0.4, 0.5) is 4.39 Å². The molecular formula is C13H17FN2O2. The maximum atomic E-state index is 13.3. The number of hydroxylamine groups is 1. The Hall–Kier alpha value is -1.46. The molecule has 1 aliphatic rings. The van der Waals surface area contributed by atoms with Gasteiger partial charge in [-0.2, -0.15) is 0 Å². The molecule has 1 amide bonds. The molecule has 0 heterocycles. The van der Waals surface area contributed by atoms with Gasteiger partial charge in [0.1, 0.15) is 5.82 Å². The van der Waals surface area contributed by atoms with Crippen LogP contribution in [0.2, 0.25) is 0 Å². The van der Waals surface area contributed by atoms with Crippen LogP contribution in [-0.2, 0) is 4.84 Å². The summed E-state index contributed by atoms with van der Waals surface area (Å²) in [5, 5.41) is 0. The number of benzene rings is 1. The molecule has 0 spiro atoms. The minimum absolute atomic E-state index is 0.00925. The van der Waals surface area contributed by atoms with Crippen molar-refractivity contribution in [3.63, 3.8) is 0 Å². The minimum atomic E-state index is -0.553. The molecule has 0 saturated heterocycles. The van der Waals surface area contributed by atoms with E-state index in [0.717, 1.165) is 25.7 Å². The van der Waals surface area contributed by atoms with Gasteiger partial charge in [0.05, 0.1) is 11.7 Å². The highest BCUT2D eigenvalue weighted by molar-refractivity contribution is 5.93. The summed E-state index contributed by atoms with van der Waals surface area (Å²) in [5.74, 6) is -1.10. The van der Waals surface area contributed by atoms with E-state index in [1.54, 1.807) is 6.07 Å². The predicted molar refractivity (Wildman–Crippen MR) is 65.2 cm³/mol. The van der Waals surface area contributed by atoms with E-state index in [1.807, 2.05) is 0 Å². The second-order valence-electron chi connectivity index (χ2n) is 4.57. The van der Waals surface area contributed by atoms with Crippen LogP contribution in [0.5, 0.6) is 0 Å². The van der Waals surface area contributed by atoms with Gasteiger partial charge in [-0.25, -0.2) is 9.87 Å². The van der Waals surface area contributed by atoms with Crippen LogP contribution in [0.15, 0.2) is 24.3 Å². The zero-order valence-corrected chi connectivity index (χ0v) is 10.1. The highest BCUT2D eigenvalue weighted by atomic mass is 19.1. The smallest absolute Gasteiger partial charge is 0.277 e. The van der Waals surface area contributed by atoms with Crippen LogP contribution in [-0.4, -0.2) is 18.1 Å². The van der Waals surface area contributed by atoms with E-state index in [-0.39, 0.29) is 17.7 Å². The molecule has 5 heteroatoms. The van der Waals surface area contributed by atoms with Gasteiger partial charge in [0, 0.05) is 6.04 Å². The van der Waals surface area contributed by atoms with Crippen molar-refractivity contribution >= 4 is 5.91 Å². The zero-order chi connectivity index (χ0) is 13.0. The van der Waals surface area contributed by atoms with Gasteiger partial charge in [0.15, 0.2) is 0 Å². The van der Waals surface area contributed by atoms with Crippen LogP contribution in [0.3, 0.4) is 0 Å². The van der Waals surface area contributed by atoms with Gasteiger partial charge in [-0.3, -0.25) is 9.63 Å². The monoisotopic (exact) mass is 252 g/mol. The Kier molecular flexibility index (Phi) is 4.28. The van der Waals surface area contributed by atoms with Crippen LogP contribution in [0, 0.1) is 5.82 Å². The maximum Gasteiger partial charge on any atom is 0.277 e. The first-order valence-electron chi connectivity index (χ1n) is 6.13. The van der Waals surface area contributed by atoms with Crippen LogP contribution in [0.1, 0.15) is 36.0 Å². The normalized spacial score (nSPS) is 23.7. The van der Waals surface area contributed by atoms with Crippen molar-refractivity contribution in [2.24, 2.45) is 5.73 Å². The lowest BCUT2D eigenvalue weighted by Crippen LogP contribution is -2.35. The van der Waals surface area contributed by atoms with Gasteiger partial charge in [0.25, 0.3) is 5.91 Å². The minimum Gasteiger partial charge on any atom is -0.328 e. The number of halogens is 1. The topological polar surface area (TPSA) is 64.3 Å². The van der Waals surface area contributed by atoms with Crippen molar-refractivity contribution in [1.29, 1.82) is 0 Å². The Morgan fingerprint density at radius 2 is 1.94 bits per heavy atom. The predicted octanol–water partition coefficient (Wildman–Crippen LogP) is 1.76. The van der Waals surface area contributed by atoms with E-state index in [2.05, 4.69) is 5.48 Å². The molecule has 1 aliphatic carbocycles. The van der Waals surface area contributed by atoms with E-state index in [1.165, 1.54) is 18.2 Å². The standard InChI is InChI=1S/C13H17FN2O2/c14-12-4-2-1-3-11(12)13(17)16-18-10-7-5-9(15)6-8-10/h1-4,9-10H,5-8,15H2,(H,16,17). The Balaban J connectivity index is 1.84. The Morgan fingerprint density at radius 3 is 2.61 bits per heavy atom. The molecule has 0 bridgehead atoms. The summed E-state index contributed by atoms with van der Waals surface area (Å²) < 4.78 is 13.3. The molecule has 1 fully saturated rings. The molecule has 18 heavy (non-hydrogen) atoms. The molecule has 0 atom stereocenters. The van der Waals surface area contributed by atoms with E-state index in [0.29, 0.717) is 0 Å². The molecule has 0 aliphatic heterocycles. The first kappa shape index (κ1) is 13.0. The summed E-state index contributed by atoms with van der Waals surface area (Å²) in [7, 11) is 0. The van der Waals surface area contributed by atoms with E-state index < -0.39 is 11.7 Å². The molecule has 98 valence electrons. The average Bonchev–Trinajstić information content (AvgIpc) is 2.38. The van der Waals surface area contributed by atoms with Gasteiger partial charge in [-0.15, -0.1) is 0 Å². The van der Waals surface area contributed by atoms with Crippen molar-refractivity contribution in [1.82, 2.24) is 5.48 Å². The van der Waals surface area contributed by atoms with Crippen molar-refractivity contribution in [2.75, 3.05) is 0 Å². The highest BCUT2D eigenvalue weighted by Crippen LogP contribution is 2.19. The lowest BCUT2D eigenvalue weighted by molar-refractivity contribution is -0.0332. The van der Waals surface area contributed by atoms with Crippen molar-refractivity contribution in [2.45, 2.75) is 37.8 Å². The van der Waals surface area contributed by atoms with Crippen molar-refractivity contribution in [3.05, 3.63) is 35.6 Å². The molecule has 1 aromatic rings. The molecular weight excluding hydrogens is 235 g/mol. The molecule has 3 N–H and O–H groups in total. The maximum absolute atomic E-state index is 13.3. The molecule has 4 nitrogen and oxygen atoms in total. The number of nitrogens with two attached hydrogens (primary N) is 1. The Labute approximate surface area is 105 Å². The lowest BCUT2D eigenvalue weighted by Gasteiger charge is -2.25. The highest BCUT2D eigenvalue weighted by Gasteiger charge is 2.20. The summed E-state index contributed by atoms with van der Waals surface area (Å²) in [5.41, 5.74) is 8.07. The number of carbonyl (C=O) groups excluding carboxylic acids is 1. The fourth-order valence-electron chi connectivity index (χ4n) is 2.04. The van der Waals surface area contributed by atoms with Gasteiger partial charge in [-0.05, 0) is 37.8 Å². The third-order valence-electron chi connectivity index (χ3n) is 3.16. The average molecular weight is 252 g/mol. The van der Waals surface area contributed by atoms with Gasteiger partial charge in [-0.1, -0.05) is 12.1 Å². The number of hydrogen-bond donors (Lipinski definition) is 2. The van der Waals surface area contributed by atoms with Crippen LogP contribution in [0.25, 0.3) is 0 Å². The van der Waals surface area contributed by atoms with Crippen LogP contribution >= 0.6 is 0 Å². The summed E-state index contributed by atoms with van der Waals surface area (Å²) in [6.45, 7) is 0. The summed E-state index contributed by atoms with van der Waals surface area (Å²) in [6.07, 6.45) is 3.39. The molecule has 1 saturated carbocycles. The fourth-order valence-corrected chi connectivity index (χ4v) is 2.04. The summed E-state index contributed by atoms with van der Waals surface area (Å²) >= 11 is 0. The zero-order valence-electron chi connectivity index (χ0n) is 10.1. The number of hydrogen-bond acceptors (Lipinski definition) is 3. The quantitative estimate of drug-likeness (QED) is 0.806. The lowest BCUT2D eigenvalue weighted by atomic mass is 9.94. The summed E-state index contributed by atoms with van der Waals surface area (Å²) in [6, 6.07) is 6.04. The van der Waals surface area contributed by atoms with Gasteiger partial charge in [0.2, 0.25) is 0 Å². The number of nitrogens with one attached hydrogen (secondary N) is 1. The van der Waals surface area contributed by atoms with E-state index in [4.69, 9.17) is 10.6 Å². The molecule has 2 rings (SSSR count). The Bertz CT molecular complexity index is 417. The molecule has 0 radical (unpaired) electrons. The first-order valence-corrected chi connectivity index (χ1v) is 6.13. The third-order valence-corrected chi connectivity index (χ3v) is 3.16. The third kappa shape index (κ3) is 3.27. The van der Waals surface area contributed by atoms with Crippen molar-refractivity contribution < 1.29 is 14.0 Å². The number of rotatable bonds is 3. The van der Waals surface area contributed by atoms with E-state index >= 15 is 0 Å². The molecule has 0 aromatic heterocycles. The molecule has 0 unspecified atom stereocenters. The van der Waals surface area contributed by atoms with E-state index in [9.17, 15) is 9.18 Å². The summed E-state index contributed by atoms with van der Waals surface area (Å²) in [4.78, 5) is 17.0. The Morgan fingerprint density at radius 1 is 1.28 bits per heavy atom. The largest absolute Gasteiger partial charge is 0.328 e. The van der Waals surface area contributed by atoms with Crippen LogP contribution < -0.4 is 11.2 Å². The van der Waals surface area contributed by atoms with Crippen molar-refractivity contribution in [3.8, 4) is 0 Å². The second kappa shape index (κ2) is 5.93. The van der Waals surface area contributed by atoms with Gasteiger partial charge < -0.3 is 5.73 Å². The van der Waals surface area contributed by atoms with Gasteiger partial charge >= 0.3 is 0 Å². The fraction of sp³-hybridized carbons (Fsp3) is 0.462. The number of amides is 1. The second-order valence-corrected chi connectivity index (χ2v) is 4.57.